The van der Waals surface area contributed by atoms with E-state index < -0.39 is 0 Å². The Hall–Kier alpha value is -3.65. The zero-order chi connectivity index (χ0) is 23.0. The van der Waals surface area contributed by atoms with Crippen LogP contribution in [0, 0.1) is 5.41 Å². The number of anilines is 2. The molecule has 0 aromatic carbocycles. The van der Waals surface area contributed by atoms with Crippen LogP contribution in [0.2, 0.25) is 0 Å². The highest BCUT2D eigenvalue weighted by Gasteiger charge is 2.22. The first-order valence-electron chi connectivity index (χ1n) is 11.4. The van der Waals surface area contributed by atoms with Gasteiger partial charge in [-0.3, -0.25) is 9.97 Å². The zero-order valence-corrected chi connectivity index (χ0v) is 19.0. The highest BCUT2D eigenvalue weighted by Crippen LogP contribution is 2.28. The van der Waals surface area contributed by atoms with E-state index in [1.54, 1.807) is 18.6 Å². The fraction of sp³-hybridized carbons (Fsp3) is 0.320. The highest BCUT2D eigenvalue weighted by molar-refractivity contribution is 6.07. The summed E-state index contributed by atoms with van der Waals surface area (Å²) in [5.74, 6) is 1.82. The molecule has 1 aliphatic heterocycles. The molecule has 0 aliphatic carbocycles. The molecule has 170 valence electrons. The summed E-state index contributed by atoms with van der Waals surface area (Å²) in [6.45, 7) is 5.88. The van der Waals surface area contributed by atoms with Gasteiger partial charge in [0.25, 0.3) is 0 Å². The second kappa shape index (κ2) is 10.8. The molecule has 3 aromatic heterocycles. The summed E-state index contributed by atoms with van der Waals surface area (Å²) < 4.78 is 0. The number of allylic oxidation sites excluding steroid dienone is 1. The lowest BCUT2D eigenvalue weighted by Gasteiger charge is -2.27. The molecule has 4 N–H and O–H groups in total. The van der Waals surface area contributed by atoms with Crippen molar-refractivity contribution in [1.29, 1.82) is 5.41 Å². The van der Waals surface area contributed by atoms with Crippen LogP contribution in [-0.4, -0.2) is 45.3 Å². The standard InChI is InChI=1S/C25H30N8/c1-3-27-15-20(13-26)22-11-21(8-10-29-22)31-24-12-23(18-5-4-9-28-14-18)32-25(33-24)19-7-6-17(2)30-16-19/h4-5,8-15,17,19,26-27,30H,3,6-7,16H2,1-2H3,(H,29,31,32,33)/b20-15+,26-13?/t17-,19+/m0/s1. The maximum atomic E-state index is 7.72. The van der Waals surface area contributed by atoms with Gasteiger partial charge in [0.1, 0.15) is 11.6 Å². The van der Waals surface area contributed by atoms with Gasteiger partial charge in [-0.05, 0) is 51.0 Å². The van der Waals surface area contributed by atoms with Crippen LogP contribution in [0.15, 0.2) is 55.1 Å². The number of pyridine rings is 2. The number of aromatic nitrogens is 4. The first kappa shape index (κ1) is 22.5. The van der Waals surface area contributed by atoms with Crippen LogP contribution >= 0.6 is 0 Å². The second-order valence-corrected chi connectivity index (χ2v) is 8.18. The summed E-state index contributed by atoms with van der Waals surface area (Å²) in [7, 11) is 0. The normalized spacial score (nSPS) is 18.5. The fourth-order valence-electron chi connectivity index (χ4n) is 3.81. The first-order valence-corrected chi connectivity index (χ1v) is 11.4. The minimum atomic E-state index is 0.263. The molecule has 0 amide bonds. The lowest BCUT2D eigenvalue weighted by atomic mass is 9.94. The number of rotatable bonds is 8. The molecular formula is C25H30N8. The molecule has 2 atom stereocenters. The molecule has 0 spiro atoms. The Morgan fingerprint density at radius 1 is 1.21 bits per heavy atom. The average Bonchev–Trinajstić information content (AvgIpc) is 2.85. The molecule has 3 aromatic rings. The van der Waals surface area contributed by atoms with Gasteiger partial charge < -0.3 is 21.4 Å². The number of nitrogens with zero attached hydrogens (tertiary/aromatic N) is 4. The Kier molecular flexibility index (Phi) is 7.36. The third-order valence-corrected chi connectivity index (χ3v) is 5.67. The molecular weight excluding hydrogens is 412 g/mol. The smallest absolute Gasteiger partial charge is 0.135 e. The summed E-state index contributed by atoms with van der Waals surface area (Å²) in [6.07, 6.45) is 10.6. The molecule has 1 saturated heterocycles. The van der Waals surface area contributed by atoms with Crippen LogP contribution < -0.4 is 16.0 Å². The van der Waals surface area contributed by atoms with Crippen LogP contribution in [-0.2, 0) is 0 Å². The quantitative estimate of drug-likeness (QED) is 0.388. The van der Waals surface area contributed by atoms with Crippen LogP contribution in [0.1, 0.15) is 44.1 Å². The molecule has 4 heterocycles. The van der Waals surface area contributed by atoms with E-state index in [2.05, 4.69) is 32.8 Å². The molecule has 1 fully saturated rings. The first-order chi connectivity index (χ1) is 16.2. The zero-order valence-electron chi connectivity index (χ0n) is 19.0. The van der Waals surface area contributed by atoms with Crippen molar-refractivity contribution in [2.24, 2.45) is 0 Å². The van der Waals surface area contributed by atoms with Crippen LogP contribution in [0.25, 0.3) is 16.8 Å². The monoisotopic (exact) mass is 442 g/mol. The molecule has 1 aliphatic rings. The van der Waals surface area contributed by atoms with Gasteiger partial charge in [0.2, 0.25) is 0 Å². The van der Waals surface area contributed by atoms with Crippen molar-refractivity contribution in [3.63, 3.8) is 0 Å². The Bertz CT molecular complexity index is 1100. The Morgan fingerprint density at radius 3 is 2.85 bits per heavy atom. The lowest BCUT2D eigenvalue weighted by molar-refractivity contribution is 0.376. The van der Waals surface area contributed by atoms with Crippen molar-refractivity contribution in [2.75, 3.05) is 18.4 Å². The van der Waals surface area contributed by atoms with Gasteiger partial charge in [0.05, 0.1) is 11.4 Å². The van der Waals surface area contributed by atoms with Crippen molar-refractivity contribution >= 4 is 23.3 Å². The summed E-state index contributed by atoms with van der Waals surface area (Å²) >= 11 is 0. The predicted molar refractivity (Wildman–Crippen MR) is 133 cm³/mol. The maximum absolute atomic E-state index is 7.72. The van der Waals surface area contributed by atoms with Crippen molar-refractivity contribution < 1.29 is 0 Å². The van der Waals surface area contributed by atoms with Crippen molar-refractivity contribution in [3.05, 3.63) is 66.6 Å². The second-order valence-electron chi connectivity index (χ2n) is 8.18. The molecule has 0 saturated carbocycles. The Morgan fingerprint density at radius 2 is 2.12 bits per heavy atom. The van der Waals surface area contributed by atoms with E-state index in [4.69, 9.17) is 15.4 Å². The summed E-state index contributed by atoms with van der Waals surface area (Å²) in [4.78, 5) is 18.4. The van der Waals surface area contributed by atoms with Crippen molar-refractivity contribution in [2.45, 2.75) is 38.6 Å². The van der Waals surface area contributed by atoms with E-state index in [9.17, 15) is 0 Å². The van der Waals surface area contributed by atoms with Gasteiger partial charge in [-0.2, -0.15) is 0 Å². The van der Waals surface area contributed by atoms with E-state index in [-0.39, 0.29) is 5.92 Å². The number of nitrogens with one attached hydrogen (secondary N) is 4. The topological polar surface area (TPSA) is 112 Å². The van der Waals surface area contributed by atoms with Gasteiger partial charge in [-0.25, -0.2) is 9.97 Å². The van der Waals surface area contributed by atoms with E-state index in [0.29, 0.717) is 17.3 Å². The van der Waals surface area contributed by atoms with Crippen LogP contribution in [0.3, 0.4) is 0 Å². The largest absolute Gasteiger partial charge is 0.391 e. The minimum Gasteiger partial charge on any atom is -0.391 e. The van der Waals surface area contributed by atoms with E-state index >= 15 is 0 Å². The molecule has 8 nitrogen and oxygen atoms in total. The van der Waals surface area contributed by atoms with Gasteiger partial charge in [0, 0.05) is 78.9 Å². The molecule has 33 heavy (non-hydrogen) atoms. The summed E-state index contributed by atoms with van der Waals surface area (Å²) in [5, 5.41) is 17.8. The number of piperidine rings is 1. The van der Waals surface area contributed by atoms with E-state index in [1.807, 2.05) is 43.5 Å². The van der Waals surface area contributed by atoms with Crippen LogP contribution in [0.5, 0.6) is 0 Å². The number of hydrogen-bond acceptors (Lipinski definition) is 8. The average molecular weight is 443 g/mol. The van der Waals surface area contributed by atoms with Gasteiger partial charge in [-0.1, -0.05) is 0 Å². The summed E-state index contributed by atoms with van der Waals surface area (Å²) in [5.41, 5.74) is 4.07. The van der Waals surface area contributed by atoms with Gasteiger partial charge in [-0.15, -0.1) is 0 Å². The van der Waals surface area contributed by atoms with E-state index in [1.165, 1.54) is 6.21 Å². The highest BCUT2D eigenvalue weighted by atomic mass is 15.1. The van der Waals surface area contributed by atoms with Gasteiger partial charge >= 0.3 is 0 Å². The third-order valence-electron chi connectivity index (χ3n) is 5.67. The fourth-order valence-corrected chi connectivity index (χ4v) is 3.81. The molecule has 0 unspecified atom stereocenters. The minimum absolute atomic E-state index is 0.263. The lowest BCUT2D eigenvalue weighted by Crippen LogP contribution is -2.36. The molecule has 4 rings (SSSR count). The number of hydrogen-bond donors (Lipinski definition) is 4. The third kappa shape index (κ3) is 5.78. The Balaban J connectivity index is 1.66. The maximum Gasteiger partial charge on any atom is 0.135 e. The van der Waals surface area contributed by atoms with E-state index in [0.717, 1.165) is 54.5 Å². The molecule has 8 heteroatoms. The van der Waals surface area contributed by atoms with Gasteiger partial charge in [0.15, 0.2) is 0 Å². The van der Waals surface area contributed by atoms with Crippen molar-refractivity contribution in [3.8, 4) is 11.3 Å². The van der Waals surface area contributed by atoms with Crippen LogP contribution in [0.4, 0.5) is 11.5 Å². The van der Waals surface area contributed by atoms with Crippen molar-refractivity contribution in [1.82, 2.24) is 30.6 Å². The SMILES string of the molecule is CCN/C=C(\C=N)c1cc(Nc2cc(-c3cccnc3)nc([C@@H]3CC[C@H](C)NC3)n2)ccn1. The predicted octanol–water partition coefficient (Wildman–Crippen LogP) is 4.13. The Labute approximate surface area is 194 Å². The molecule has 0 bridgehead atoms. The summed E-state index contributed by atoms with van der Waals surface area (Å²) in [6, 6.07) is 10.2. The molecule has 0 radical (unpaired) electrons.